The zero-order valence-corrected chi connectivity index (χ0v) is 14.9. The second-order valence-electron chi connectivity index (χ2n) is 6.94. The van der Waals surface area contributed by atoms with Crippen LogP contribution in [0.4, 0.5) is 5.82 Å². The molecule has 1 aromatic heterocycles. The summed E-state index contributed by atoms with van der Waals surface area (Å²) >= 11 is 6.01. The lowest BCUT2D eigenvalue weighted by atomic mass is 9.78. The van der Waals surface area contributed by atoms with E-state index in [-0.39, 0.29) is 0 Å². The third-order valence-corrected chi connectivity index (χ3v) is 5.56. The quantitative estimate of drug-likeness (QED) is 0.724. The van der Waals surface area contributed by atoms with Crippen LogP contribution in [-0.4, -0.2) is 23.1 Å². The Kier molecular flexibility index (Phi) is 4.10. The van der Waals surface area contributed by atoms with Crippen molar-refractivity contribution in [1.82, 2.24) is 9.97 Å². The van der Waals surface area contributed by atoms with Gasteiger partial charge < -0.3 is 10.6 Å². The first-order valence-corrected chi connectivity index (χ1v) is 8.93. The molecule has 3 aromatic rings. The Morgan fingerprint density at radius 1 is 1.16 bits per heavy atom. The summed E-state index contributed by atoms with van der Waals surface area (Å²) in [4.78, 5) is 10.6. The van der Waals surface area contributed by atoms with E-state index >= 15 is 0 Å². The van der Waals surface area contributed by atoms with Crippen LogP contribution in [0.1, 0.15) is 18.9 Å². The molecule has 0 unspecified atom stereocenters. The predicted molar refractivity (Wildman–Crippen MR) is 103 cm³/mol. The van der Waals surface area contributed by atoms with Gasteiger partial charge in [0.25, 0.3) is 0 Å². The van der Waals surface area contributed by atoms with E-state index in [4.69, 9.17) is 17.3 Å². The largest absolute Gasteiger partial charge is 0.356 e. The number of fused-ring (bicyclic) bond motifs is 1. The van der Waals surface area contributed by atoms with Crippen molar-refractivity contribution in [2.75, 3.05) is 18.0 Å². The van der Waals surface area contributed by atoms with E-state index in [9.17, 15) is 0 Å². The standard InChI is InChI=1S/C20H21ClN4/c1-20(22,17-8-4-6-14-5-2-3-7-16(14)17)15-9-10-25(12-15)19-11-18(21)23-13-24-19/h2-8,11,13,15H,9-10,12,22H2,1H3/t15-,20+/m0/s1. The minimum absolute atomic E-state index is 0.340. The number of nitrogens with zero attached hydrogens (tertiary/aromatic N) is 3. The lowest BCUT2D eigenvalue weighted by Gasteiger charge is -2.33. The van der Waals surface area contributed by atoms with Gasteiger partial charge in [-0.1, -0.05) is 54.1 Å². The van der Waals surface area contributed by atoms with E-state index < -0.39 is 5.54 Å². The SMILES string of the molecule is C[C@](N)(c1cccc2ccccc12)[C@H]1CCN(c2cc(Cl)ncn2)C1. The maximum Gasteiger partial charge on any atom is 0.134 e. The van der Waals surface area contributed by atoms with Gasteiger partial charge in [-0.25, -0.2) is 9.97 Å². The summed E-state index contributed by atoms with van der Waals surface area (Å²) in [5.74, 6) is 1.21. The highest BCUT2D eigenvalue weighted by Crippen LogP contribution is 2.38. The second kappa shape index (κ2) is 6.28. The Morgan fingerprint density at radius 3 is 2.80 bits per heavy atom. The predicted octanol–water partition coefficient (Wildman–Crippen LogP) is 3.98. The molecule has 0 saturated carbocycles. The van der Waals surface area contributed by atoms with Crippen molar-refractivity contribution >= 4 is 28.2 Å². The maximum absolute atomic E-state index is 6.89. The summed E-state index contributed by atoms with van der Waals surface area (Å²) in [6.45, 7) is 3.94. The molecule has 2 N–H and O–H groups in total. The molecule has 4 rings (SSSR count). The number of aromatic nitrogens is 2. The van der Waals surface area contributed by atoms with E-state index in [1.54, 1.807) is 0 Å². The van der Waals surface area contributed by atoms with Crippen molar-refractivity contribution in [3.05, 3.63) is 65.6 Å². The van der Waals surface area contributed by atoms with Gasteiger partial charge in [0.2, 0.25) is 0 Å². The Balaban J connectivity index is 1.65. The van der Waals surface area contributed by atoms with Crippen molar-refractivity contribution < 1.29 is 0 Å². The number of benzene rings is 2. The van der Waals surface area contributed by atoms with E-state index in [1.807, 2.05) is 6.07 Å². The van der Waals surface area contributed by atoms with Gasteiger partial charge in [0, 0.05) is 30.6 Å². The molecule has 2 heterocycles. The number of nitrogens with two attached hydrogens (primary N) is 1. The fraction of sp³-hybridized carbons (Fsp3) is 0.300. The molecule has 1 aliphatic rings. The lowest BCUT2D eigenvalue weighted by Crippen LogP contribution is -2.42. The van der Waals surface area contributed by atoms with Crippen molar-refractivity contribution in [2.24, 2.45) is 11.7 Å². The average molecular weight is 353 g/mol. The Labute approximate surface area is 152 Å². The smallest absolute Gasteiger partial charge is 0.134 e. The first kappa shape index (κ1) is 16.3. The summed E-state index contributed by atoms with van der Waals surface area (Å²) < 4.78 is 0. The third kappa shape index (κ3) is 2.96. The maximum atomic E-state index is 6.89. The van der Waals surface area contributed by atoms with Crippen LogP contribution in [-0.2, 0) is 5.54 Å². The van der Waals surface area contributed by atoms with E-state index in [0.717, 1.165) is 25.3 Å². The lowest BCUT2D eigenvalue weighted by molar-refractivity contribution is 0.329. The van der Waals surface area contributed by atoms with Crippen molar-refractivity contribution in [3.63, 3.8) is 0 Å². The van der Waals surface area contributed by atoms with Crippen molar-refractivity contribution in [1.29, 1.82) is 0 Å². The molecule has 4 nitrogen and oxygen atoms in total. The van der Waals surface area contributed by atoms with Gasteiger partial charge in [0.15, 0.2) is 0 Å². The van der Waals surface area contributed by atoms with Crippen LogP contribution >= 0.6 is 11.6 Å². The van der Waals surface area contributed by atoms with Gasteiger partial charge in [0.05, 0.1) is 0 Å². The third-order valence-electron chi connectivity index (χ3n) is 5.35. The molecule has 128 valence electrons. The van der Waals surface area contributed by atoms with Crippen LogP contribution in [0.5, 0.6) is 0 Å². The van der Waals surface area contributed by atoms with Crippen LogP contribution in [0.25, 0.3) is 10.8 Å². The molecule has 1 fully saturated rings. The molecule has 1 saturated heterocycles. The highest BCUT2D eigenvalue weighted by Gasteiger charge is 2.38. The van der Waals surface area contributed by atoms with Crippen LogP contribution < -0.4 is 10.6 Å². The van der Waals surface area contributed by atoms with Crippen molar-refractivity contribution in [2.45, 2.75) is 18.9 Å². The normalized spacial score (nSPS) is 20.0. The zero-order chi connectivity index (χ0) is 17.4. The van der Waals surface area contributed by atoms with Gasteiger partial charge in [-0.05, 0) is 29.7 Å². The summed E-state index contributed by atoms with van der Waals surface area (Å²) in [6.07, 6.45) is 2.54. The molecule has 5 heteroatoms. The average Bonchev–Trinajstić information content (AvgIpc) is 3.12. The first-order valence-electron chi connectivity index (χ1n) is 8.55. The fourth-order valence-corrected chi connectivity index (χ4v) is 4.01. The van der Waals surface area contributed by atoms with Crippen molar-refractivity contribution in [3.8, 4) is 0 Å². The van der Waals surface area contributed by atoms with Gasteiger partial charge in [0.1, 0.15) is 17.3 Å². The fourth-order valence-electron chi connectivity index (χ4n) is 3.87. The number of anilines is 1. The summed E-state index contributed by atoms with van der Waals surface area (Å²) in [5, 5.41) is 2.94. The second-order valence-corrected chi connectivity index (χ2v) is 7.33. The summed E-state index contributed by atoms with van der Waals surface area (Å²) in [7, 11) is 0. The molecule has 1 aliphatic heterocycles. The van der Waals surface area contributed by atoms with Gasteiger partial charge in [-0.3, -0.25) is 0 Å². The molecule has 0 aliphatic carbocycles. The van der Waals surface area contributed by atoms with Gasteiger partial charge in [-0.2, -0.15) is 0 Å². The Bertz CT molecular complexity index is 904. The van der Waals surface area contributed by atoms with Crippen LogP contribution in [0.3, 0.4) is 0 Å². The number of halogens is 1. The van der Waals surface area contributed by atoms with Crippen LogP contribution in [0.2, 0.25) is 5.15 Å². The monoisotopic (exact) mass is 352 g/mol. The first-order chi connectivity index (χ1) is 12.1. The molecule has 0 spiro atoms. The summed E-state index contributed by atoms with van der Waals surface area (Å²) in [6, 6.07) is 16.6. The zero-order valence-electron chi connectivity index (χ0n) is 14.2. The minimum atomic E-state index is -0.410. The molecule has 2 aromatic carbocycles. The Morgan fingerprint density at radius 2 is 1.96 bits per heavy atom. The van der Waals surface area contributed by atoms with E-state index in [0.29, 0.717) is 11.1 Å². The van der Waals surface area contributed by atoms with Crippen LogP contribution in [0.15, 0.2) is 54.9 Å². The highest BCUT2D eigenvalue weighted by molar-refractivity contribution is 6.29. The molecular weight excluding hydrogens is 332 g/mol. The number of rotatable bonds is 3. The minimum Gasteiger partial charge on any atom is -0.356 e. The molecule has 2 atom stereocenters. The van der Waals surface area contributed by atoms with E-state index in [1.165, 1.54) is 22.7 Å². The van der Waals surface area contributed by atoms with E-state index in [2.05, 4.69) is 64.3 Å². The number of hydrogen-bond donors (Lipinski definition) is 1. The van der Waals surface area contributed by atoms with Gasteiger partial charge in [-0.15, -0.1) is 0 Å². The van der Waals surface area contributed by atoms with Gasteiger partial charge >= 0.3 is 0 Å². The molecular formula is C20H21ClN4. The molecule has 0 bridgehead atoms. The summed E-state index contributed by atoms with van der Waals surface area (Å²) in [5.41, 5.74) is 7.69. The molecule has 0 amide bonds. The topological polar surface area (TPSA) is 55.0 Å². The number of hydrogen-bond acceptors (Lipinski definition) is 4. The Hall–Kier alpha value is -2.17. The highest BCUT2D eigenvalue weighted by atomic mass is 35.5. The molecule has 25 heavy (non-hydrogen) atoms. The van der Waals surface area contributed by atoms with Crippen LogP contribution in [0, 0.1) is 5.92 Å². The molecule has 0 radical (unpaired) electrons.